The van der Waals surface area contributed by atoms with Crippen LogP contribution in [0.5, 0.6) is 0 Å². The van der Waals surface area contributed by atoms with Gasteiger partial charge in [-0.2, -0.15) is 0 Å². The molecule has 0 bridgehead atoms. The molecule has 0 saturated heterocycles. The van der Waals surface area contributed by atoms with Gasteiger partial charge < -0.3 is 10.6 Å². The maximum Gasteiger partial charge on any atom is 0.131 e. The van der Waals surface area contributed by atoms with Crippen molar-refractivity contribution in [2.45, 2.75) is 27.7 Å². The Labute approximate surface area is 92.3 Å². The minimum absolute atomic E-state index is 0.642. The molecule has 0 fully saturated rings. The minimum Gasteiger partial charge on any atom is -0.397 e. The van der Waals surface area contributed by atoms with Crippen molar-refractivity contribution in [2.75, 3.05) is 23.7 Å². The number of anilines is 2. The number of aryl methyl sites for hydroxylation is 1. The molecule has 15 heavy (non-hydrogen) atoms. The van der Waals surface area contributed by atoms with Gasteiger partial charge in [0.2, 0.25) is 0 Å². The van der Waals surface area contributed by atoms with Gasteiger partial charge in [0, 0.05) is 13.1 Å². The average Bonchev–Trinajstić information content (AvgIpc) is 2.14. The van der Waals surface area contributed by atoms with Crippen LogP contribution in [-0.2, 0) is 0 Å². The Morgan fingerprint density at radius 3 is 2.60 bits per heavy atom. The molecule has 0 aliphatic carbocycles. The van der Waals surface area contributed by atoms with E-state index >= 15 is 0 Å². The molecule has 0 aromatic carbocycles. The summed E-state index contributed by atoms with van der Waals surface area (Å²) >= 11 is 0. The quantitative estimate of drug-likeness (QED) is 0.824. The molecule has 3 heteroatoms. The van der Waals surface area contributed by atoms with Crippen LogP contribution in [0, 0.1) is 12.8 Å². The lowest BCUT2D eigenvalue weighted by Crippen LogP contribution is -2.28. The number of pyridine rings is 1. The van der Waals surface area contributed by atoms with Gasteiger partial charge in [0.05, 0.1) is 11.9 Å². The summed E-state index contributed by atoms with van der Waals surface area (Å²) in [6.07, 6.45) is 1.73. The third-order valence-corrected chi connectivity index (χ3v) is 2.34. The molecule has 0 saturated carbocycles. The highest BCUT2D eigenvalue weighted by Gasteiger charge is 2.10. The molecule has 0 radical (unpaired) electrons. The second-order valence-electron chi connectivity index (χ2n) is 4.34. The van der Waals surface area contributed by atoms with Gasteiger partial charge >= 0.3 is 0 Å². The van der Waals surface area contributed by atoms with Crippen molar-refractivity contribution in [3.8, 4) is 0 Å². The molecule has 1 rings (SSSR count). The van der Waals surface area contributed by atoms with Gasteiger partial charge in [-0.25, -0.2) is 4.98 Å². The Kier molecular flexibility index (Phi) is 3.95. The zero-order valence-electron chi connectivity index (χ0n) is 10.1. The number of aromatic nitrogens is 1. The highest BCUT2D eigenvalue weighted by molar-refractivity contribution is 5.52. The van der Waals surface area contributed by atoms with E-state index in [1.165, 1.54) is 0 Å². The van der Waals surface area contributed by atoms with Crippen molar-refractivity contribution < 1.29 is 0 Å². The molecular formula is C12H21N3. The van der Waals surface area contributed by atoms with Gasteiger partial charge in [-0.3, -0.25) is 0 Å². The largest absolute Gasteiger partial charge is 0.397 e. The smallest absolute Gasteiger partial charge is 0.131 e. The number of hydrogen-bond donors (Lipinski definition) is 1. The average molecular weight is 207 g/mol. The fourth-order valence-electron chi connectivity index (χ4n) is 1.73. The first-order chi connectivity index (χ1) is 7.04. The molecule has 0 unspecified atom stereocenters. The van der Waals surface area contributed by atoms with Gasteiger partial charge in [0.15, 0.2) is 0 Å². The Morgan fingerprint density at radius 2 is 2.13 bits per heavy atom. The predicted molar refractivity (Wildman–Crippen MR) is 66.1 cm³/mol. The van der Waals surface area contributed by atoms with E-state index in [2.05, 4.69) is 37.6 Å². The molecule has 1 heterocycles. The van der Waals surface area contributed by atoms with Gasteiger partial charge in [-0.05, 0) is 31.4 Å². The standard InChI is InChI=1S/C12H21N3/c1-5-15(8-9(2)3)12-10(4)6-11(13)7-14-12/h6-7,9H,5,8,13H2,1-4H3. The lowest BCUT2D eigenvalue weighted by molar-refractivity contribution is 0.613. The molecule has 84 valence electrons. The molecule has 1 aromatic heterocycles. The predicted octanol–water partition coefficient (Wildman–Crippen LogP) is 2.45. The zero-order valence-corrected chi connectivity index (χ0v) is 10.1. The molecule has 0 atom stereocenters. The van der Waals surface area contributed by atoms with E-state index in [9.17, 15) is 0 Å². The zero-order chi connectivity index (χ0) is 11.4. The first kappa shape index (κ1) is 11.8. The molecule has 0 aliphatic heterocycles. The highest BCUT2D eigenvalue weighted by Crippen LogP contribution is 2.19. The highest BCUT2D eigenvalue weighted by atomic mass is 15.2. The van der Waals surface area contributed by atoms with E-state index in [1.807, 2.05) is 6.07 Å². The molecular weight excluding hydrogens is 186 g/mol. The summed E-state index contributed by atoms with van der Waals surface area (Å²) in [6, 6.07) is 1.98. The molecule has 2 N–H and O–H groups in total. The van der Waals surface area contributed by atoms with Gasteiger partial charge in [0.25, 0.3) is 0 Å². The van der Waals surface area contributed by atoms with Gasteiger partial charge in [-0.1, -0.05) is 13.8 Å². The Balaban J connectivity index is 2.91. The summed E-state index contributed by atoms with van der Waals surface area (Å²) in [6.45, 7) is 10.7. The van der Waals surface area contributed by atoms with Crippen LogP contribution in [0.2, 0.25) is 0 Å². The normalized spacial score (nSPS) is 10.7. The van der Waals surface area contributed by atoms with Crippen LogP contribution in [0.3, 0.4) is 0 Å². The maximum absolute atomic E-state index is 5.69. The van der Waals surface area contributed by atoms with E-state index in [1.54, 1.807) is 6.20 Å². The molecule has 0 aliphatic rings. The summed E-state index contributed by atoms with van der Waals surface area (Å²) in [7, 11) is 0. The number of nitrogens with zero attached hydrogens (tertiary/aromatic N) is 2. The minimum atomic E-state index is 0.642. The Bertz CT molecular complexity index is 321. The molecule has 3 nitrogen and oxygen atoms in total. The Morgan fingerprint density at radius 1 is 1.47 bits per heavy atom. The van der Waals surface area contributed by atoms with Crippen molar-refractivity contribution in [2.24, 2.45) is 5.92 Å². The van der Waals surface area contributed by atoms with Crippen LogP contribution < -0.4 is 10.6 Å². The van der Waals surface area contributed by atoms with Crippen molar-refractivity contribution in [1.82, 2.24) is 4.98 Å². The molecule has 0 spiro atoms. The van der Waals surface area contributed by atoms with E-state index in [0.717, 1.165) is 30.2 Å². The van der Waals surface area contributed by atoms with Crippen LogP contribution in [-0.4, -0.2) is 18.1 Å². The third kappa shape index (κ3) is 3.11. The number of nitrogens with two attached hydrogens (primary N) is 1. The van der Waals surface area contributed by atoms with Crippen molar-refractivity contribution >= 4 is 11.5 Å². The number of hydrogen-bond acceptors (Lipinski definition) is 3. The maximum atomic E-state index is 5.69. The summed E-state index contributed by atoms with van der Waals surface area (Å²) < 4.78 is 0. The van der Waals surface area contributed by atoms with Crippen LogP contribution in [0.4, 0.5) is 11.5 Å². The lowest BCUT2D eigenvalue weighted by Gasteiger charge is -2.25. The van der Waals surface area contributed by atoms with Crippen molar-refractivity contribution in [3.05, 3.63) is 17.8 Å². The summed E-state index contributed by atoms with van der Waals surface area (Å²) in [5, 5.41) is 0. The van der Waals surface area contributed by atoms with E-state index < -0.39 is 0 Å². The van der Waals surface area contributed by atoms with E-state index in [4.69, 9.17) is 5.73 Å². The van der Waals surface area contributed by atoms with Crippen LogP contribution in [0.1, 0.15) is 26.3 Å². The second-order valence-corrected chi connectivity index (χ2v) is 4.34. The van der Waals surface area contributed by atoms with Crippen LogP contribution in [0.25, 0.3) is 0 Å². The SMILES string of the molecule is CCN(CC(C)C)c1ncc(N)cc1C. The third-order valence-electron chi connectivity index (χ3n) is 2.34. The number of rotatable bonds is 4. The fraction of sp³-hybridized carbons (Fsp3) is 0.583. The molecule has 0 amide bonds. The fourth-order valence-corrected chi connectivity index (χ4v) is 1.73. The van der Waals surface area contributed by atoms with Crippen molar-refractivity contribution in [3.63, 3.8) is 0 Å². The van der Waals surface area contributed by atoms with E-state index in [0.29, 0.717) is 5.92 Å². The topological polar surface area (TPSA) is 42.2 Å². The Hall–Kier alpha value is -1.25. The summed E-state index contributed by atoms with van der Waals surface area (Å²) in [5.74, 6) is 1.70. The van der Waals surface area contributed by atoms with Crippen LogP contribution >= 0.6 is 0 Å². The van der Waals surface area contributed by atoms with Gasteiger partial charge in [0.1, 0.15) is 5.82 Å². The van der Waals surface area contributed by atoms with E-state index in [-0.39, 0.29) is 0 Å². The van der Waals surface area contributed by atoms with Crippen molar-refractivity contribution in [1.29, 1.82) is 0 Å². The first-order valence-electron chi connectivity index (χ1n) is 5.51. The molecule has 1 aromatic rings. The monoisotopic (exact) mass is 207 g/mol. The second kappa shape index (κ2) is 5.01. The van der Waals surface area contributed by atoms with Crippen LogP contribution in [0.15, 0.2) is 12.3 Å². The van der Waals surface area contributed by atoms with Gasteiger partial charge in [-0.15, -0.1) is 0 Å². The number of nitrogen functional groups attached to an aromatic ring is 1. The summed E-state index contributed by atoms with van der Waals surface area (Å²) in [5.41, 5.74) is 7.57. The first-order valence-corrected chi connectivity index (χ1v) is 5.51. The summed E-state index contributed by atoms with van der Waals surface area (Å²) in [4.78, 5) is 6.69. The lowest BCUT2D eigenvalue weighted by atomic mass is 10.2.